The Bertz CT molecular complexity index is 884. The first-order valence-electron chi connectivity index (χ1n) is 7.42. The van der Waals surface area contributed by atoms with E-state index < -0.39 is 18.5 Å². The van der Waals surface area contributed by atoms with Crippen molar-refractivity contribution in [3.05, 3.63) is 52.0 Å². The van der Waals surface area contributed by atoms with Crippen LogP contribution in [0.15, 0.2) is 41.3 Å². The number of hydrogen-bond donors (Lipinski definition) is 2. The van der Waals surface area contributed by atoms with E-state index in [1.165, 1.54) is 17.8 Å². The van der Waals surface area contributed by atoms with Crippen LogP contribution < -0.4 is 10.6 Å². The number of amides is 2. The summed E-state index contributed by atoms with van der Waals surface area (Å²) in [5.41, 5.74) is 1.04. The summed E-state index contributed by atoms with van der Waals surface area (Å²) in [5.74, 6) is -1.06. The maximum absolute atomic E-state index is 12.1. The first-order chi connectivity index (χ1) is 12.4. The number of nitrogens with one attached hydrogen (secondary N) is 2. The Morgan fingerprint density at radius 3 is 2.65 bits per heavy atom. The van der Waals surface area contributed by atoms with Gasteiger partial charge < -0.3 is 15.4 Å². The van der Waals surface area contributed by atoms with Crippen molar-refractivity contribution in [2.24, 2.45) is 0 Å². The average Bonchev–Trinajstić information content (AvgIpc) is 2.62. The predicted octanol–water partition coefficient (Wildman–Crippen LogP) is 3.83. The summed E-state index contributed by atoms with van der Waals surface area (Å²) >= 11 is 13.3. The highest BCUT2D eigenvalue weighted by Crippen LogP contribution is 2.32. The minimum Gasteiger partial charge on any atom is -0.452 e. The second-order valence-electron chi connectivity index (χ2n) is 5.27. The van der Waals surface area contributed by atoms with Crippen molar-refractivity contribution in [1.82, 2.24) is 0 Å². The average molecular weight is 411 g/mol. The number of ether oxygens (including phenoxy) is 1. The largest absolute Gasteiger partial charge is 0.452 e. The molecule has 2 amide bonds. The quantitative estimate of drug-likeness (QED) is 0.748. The van der Waals surface area contributed by atoms with E-state index in [2.05, 4.69) is 10.6 Å². The number of anilines is 2. The van der Waals surface area contributed by atoms with Crippen molar-refractivity contribution in [1.29, 1.82) is 0 Å². The summed E-state index contributed by atoms with van der Waals surface area (Å²) in [6, 6.07) is 9.62. The third kappa shape index (κ3) is 4.30. The van der Waals surface area contributed by atoms with Crippen molar-refractivity contribution in [3.63, 3.8) is 0 Å². The molecule has 1 heterocycles. The summed E-state index contributed by atoms with van der Waals surface area (Å²) in [6.07, 6.45) is 0. The van der Waals surface area contributed by atoms with Gasteiger partial charge in [-0.1, -0.05) is 29.3 Å². The molecule has 6 nitrogen and oxygen atoms in total. The number of esters is 1. The van der Waals surface area contributed by atoms with Crippen LogP contribution in [-0.2, 0) is 14.3 Å². The van der Waals surface area contributed by atoms with Crippen LogP contribution in [-0.4, -0.2) is 30.1 Å². The van der Waals surface area contributed by atoms with Gasteiger partial charge in [0.15, 0.2) is 6.61 Å². The maximum atomic E-state index is 12.1. The molecule has 2 N–H and O–H groups in total. The van der Waals surface area contributed by atoms with Crippen molar-refractivity contribution in [3.8, 4) is 0 Å². The van der Waals surface area contributed by atoms with E-state index in [1.807, 2.05) is 0 Å². The number of thioether (sulfide) groups is 1. The van der Waals surface area contributed by atoms with Crippen LogP contribution in [0.3, 0.4) is 0 Å². The standard InChI is InChI=1S/C17H12Cl2N2O4S/c18-10-2-1-3-11(19)16(10)21-14(22)7-25-17(24)9-4-5-13-12(6-9)20-15(23)8-26-13/h1-6H,7-8H2,(H,20,23)(H,21,22). The zero-order valence-electron chi connectivity index (χ0n) is 13.2. The molecule has 0 bridgehead atoms. The van der Waals surface area contributed by atoms with Crippen LogP contribution in [0.1, 0.15) is 10.4 Å². The SMILES string of the molecule is O=C1CSc2ccc(C(=O)OCC(=O)Nc3c(Cl)cccc3Cl)cc2N1. The zero-order chi connectivity index (χ0) is 18.7. The van der Waals surface area contributed by atoms with E-state index in [0.29, 0.717) is 11.4 Å². The predicted molar refractivity (Wildman–Crippen MR) is 101 cm³/mol. The third-order valence-electron chi connectivity index (χ3n) is 3.41. The number of fused-ring (bicyclic) bond motifs is 1. The van der Waals surface area contributed by atoms with E-state index in [9.17, 15) is 14.4 Å². The highest BCUT2D eigenvalue weighted by molar-refractivity contribution is 8.00. The van der Waals surface area contributed by atoms with Crippen molar-refractivity contribution in [2.75, 3.05) is 23.0 Å². The lowest BCUT2D eigenvalue weighted by atomic mass is 10.2. The van der Waals surface area contributed by atoms with Gasteiger partial charge in [0.2, 0.25) is 5.91 Å². The number of hydrogen-bond acceptors (Lipinski definition) is 5. The van der Waals surface area contributed by atoms with Gasteiger partial charge in [-0.3, -0.25) is 9.59 Å². The fraction of sp³-hybridized carbons (Fsp3) is 0.118. The van der Waals surface area contributed by atoms with Gasteiger partial charge in [-0.15, -0.1) is 11.8 Å². The first kappa shape index (κ1) is 18.6. The summed E-state index contributed by atoms with van der Waals surface area (Å²) in [5, 5.41) is 5.75. The van der Waals surface area contributed by atoms with E-state index in [0.717, 1.165) is 4.90 Å². The molecule has 0 radical (unpaired) electrons. The molecule has 134 valence electrons. The van der Waals surface area contributed by atoms with Crippen molar-refractivity contribution in [2.45, 2.75) is 4.90 Å². The van der Waals surface area contributed by atoms with Gasteiger partial charge in [-0.25, -0.2) is 4.79 Å². The first-order valence-corrected chi connectivity index (χ1v) is 9.16. The highest BCUT2D eigenvalue weighted by atomic mass is 35.5. The maximum Gasteiger partial charge on any atom is 0.338 e. The second-order valence-corrected chi connectivity index (χ2v) is 7.10. The Morgan fingerprint density at radius 1 is 1.19 bits per heavy atom. The van der Waals surface area contributed by atoms with Crippen LogP contribution in [0.4, 0.5) is 11.4 Å². The highest BCUT2D eigenvalue weighted by Gasteiger charge is 2.18. The van der Waals surface area contributed by atoms with Gasteiger partial charge in [-0.05, 0) is 30.3 Å². The van der Waals surface area contributed by atoms with Crippen LogP contribution in [0.2, 0.25) is 10.0 Å². The van der Waals surface area contributed by atoms with Gasteiger partial charge in [0, 0.05) is 4.90 Å². The Labute approximate surface area is 163 Å². The number of halogens is 2. The number of rotatable bonds is 4. The number of para-hydroxylation sites is 1. The van der Waals surface area contributed by atoms with E-state index in [1.54, 1.807) is 30.3 Å². The summed E-state index contributed by atoms with van der Waals surface area (Å²) in [7, 11) is 0. The van der Waals surface area contributed by atoms with E-state index >= 15 is 0 Å². The molecular formula is C17H12Cl2N2O4S. The lowest BCUT2D eigenvalue weighted by Gasteiger charge is -2.16. The van der Waals surface area contributed by atoms with Gasteiger partial charge in [0.25, 0.3) is 5.91 Å². The summed E-state index contributed by atoms with van der Waals surface area (Å²) in [6.45, 7) is -0.501. The summed E-state index contributed by atoms with van der Waals surface area (Å²) in [4.78, 5) is 36.4. The molecule has 0 atom stereocenters. The van der Waals surface area contributed by atoms with Crippen LogP contribution >= 0.6 is 35.0 Å². The smallest absolute Gasteiger partial charge is 0.338 e. The monoisotopic (exact) mass is 410 g/mol. The van der Waals surface area contributed by atoms with Crippen LogP contribution in [0, 0.1) is 0 Å². The lowest BCUT2D eigenvalue weighted by Crippen LogP contribution is -2.22. The Balaban J connectivity index is 1.61. The Morgan fingerprint density at radius 2 is 1.92 bits per heavy atom. The van der Waals surface area contributed by atoms with Crippen LogP contribution in [0.25, 0.3) is 0 Å². The fourth-order valence-electron chi connectivity index (χ4n) is 2.22. The third-order valence-corrected chi connectivity index (χ3v) is 5.11. The lowest BCUT2D eigenvalue weighted by molar-refractivity contribution is -0.119. The molecule has 0 saturated carbocycles. The molecule has 0 fully saturated rings. The molecule has 0 saturated heterocycles. The molecule has 2 aromatic rings. The minimum atomic E-state index is -0.682. The van der Waals surface area contributed by atoms with Gasteiger partial charge in [-0.2, -0.15) is 0 Å². The molecule has 2 aromatic carbocycles. The number of carbonyl (C=O) groups is 3. The van der Waals surface area contributed by atoms with Gasteiger partial charge in [0.1, 0.15) is 0 Å². The van der Waals surface area contributed by atoms with Gasteiger partial charge >= 0.3 is 5.97 Å². The van der Waals surface area contributed by atoms with Crippen molar-refractivity contribution >= 4 is 64.1 Å². The molecular weight excluding hydrogens is 399 g/mol. The molecule has 26 heavy (non-hydrogen) atoms. The molecule has 0 unspecified atom stereocenters. The molecule has 0 aliphatic carbocycles. The molecule has 0 aromatic heterocycles. The molecule has 0 spiro atoms. The molecule has 1 aliphatic rings. The van der Waals surface area contributed by atoms with Crippen molar-refractivity contribution < 1.29 is 19.1 Å². The van der Waals surface area contributed by atoms with E-state index in [-0.39, 0.29) is 27.2 Å². The Hall–Kier alpha value is -2.22. The Kier molecular flexibility index (Phi) is 5.70. The second kappa shape index (κ2) is 7.99. The number of carbonyl (C=O) groups excluding carboxylic acids is 3. The molecule has 9 heteroatoms. The topological polar surface area (TPSA) is 84.5 Å². The van der Waals surface area contributed by atoms with Gasteiger partial charge in [0.05, 0.1) is 32.7 Å². The fourth-order valence-corrected chi connectivity index (χ4v) is 3.50. The number of benzene rings is 2. The van der Waals surface area contributed by atoms with E-state index in [4.69, 9.17) is 27.9 Å². The molecule has 1 aliphatic heterocycles. The normalized spacial score (nSPS) is 12.8. The zero-order valence-corrected chi connectivity index (χ0v) is 15.5. The van der Waals surface area contributed by atoms with Crippen LogP contribution in [0.5, 0.6) is 0 Å². The minimum absolute atomic E-state index is 0.135. The molecule has 3 rings (SSSR count). The summed E-state index contributed by atoms with van der Waals surface area (Å²) < 4.78 is 5.00.